The SMILES string of the molecule is CSCC[C@@H]1NC(=O)[C@H]([C@@H](C)O)NC(=O)[C@H](C(C)C)NC1=O. The third kappa shape index (κ3) is 4.88. The summed E-state index contributed by atoms with van der Waals surface area (Å²) in [5, 5.41) is 17.6. The van der Waals surface area contributed by atoms with Crippen LogP contribution in [0, 0.1) is 5.92 Å². The number of thioether (sulfide) groups is 1. The minimum absolute atomic E-state index is 0.131. The Hall–Kier alpha value is -1.28. The summed E-state index contributed by atoms with van der Waals surface area (Å²) in [4.78, 5) is 36.8. The summed E-state index contributed by atoms with van der Waals surface area (Å²) in [5.74, 6) is -0.815. The Bertz CT molecular complexity index is 422. The Labute approximate surface area is 135 Å². The first-order valence-corrected chi connectivity index (χ1v) is 8.75. The van der Waals surface area contributed by atoms with Gasteiger partial charge in [-0.1, -0.05) is 13.8 Å². The molecule has 3 amide bonds. The Morgan fingerprint density at radius 1 is 1.00 bits per heavy atom. The van der Waals surface area contributed by atoms with Gasteiger partial charge in [-0.25, -0.2) is 0 Å². The summed E-state index contributed by atoms with van der Waals surface area (Å²) in [5.41, 5.74) is 0. The average molecular weight is 331 g/mol. The number of hydrogen-bond donors (Lipinski definition) is 4. The van der Waals surface area contributed by atoms with Gasteiger partial charge in [-0.2, -0.15) is 11.8 Å². The fourth-order valence-electron chi connectivity index (χ4n) is 2.20. The van der Waals surface area contributed by atoms with Crippen LogP contribution in [0.5, 0.6) is 0 Å². The minimum Gasteiger partial charge on any atom is -0.391 e. The summed E-state index contributed by atoms with van der Waals surface area (Å²) in [7, 11) is 0. The van der Waals surface area contributed by atoms with E-state index in [1.807, 2.05) is 20.1 Å². The highest BCUT2D eigenvalue weighted by atomic mass is 32.2. The van der Waals surface area contributed by atoms with Crippen molar-refractivity contribution in [2.45, 2.75) is 51.4 Å². The number of carbonyl (C=O) groups is 3. The van der Waals surface area contributed by atoms with E-state index in [1.165, 1.54) is 6.92 Å². The third-order valence-electron chi connectivity index (χ3n) is 3.55. The van der Waals surface area contributed by atoms with E-state index in [4.69, 9.17) is 0 Å². The average Bonchev–Trinajstić information content (AvgIpc) is 2.48. The first-order chi connectivity index (χ1) is 10.3. The zero-order valence-corrected chi connectivity index (χ0v) is 14.2. The zero-order chi connectivity index (χ0) is 16.9. The maximum absolute atomic E-state index is 12.3. The summed E-state index contributed by atoms with van der Waals surface area (Å²) < 4.78 is 0. The molecule has 0 aromatic rings. The highest BCUT2D eigenvalue weighted by molar-refractivity contribution is 7.98. The summed E-state index contributed by atoms with van der Waals surface area (Å²) >= 11 is 1.57. The molecule has 1 aliphatic rings. The van der Waals surface area contributed by atoms with Gasteiger partial charge in [-0.05, 0) is 31.3 Å². The lowest BCUT2D eigenvalue weighted by atomic mass is 10.0. The molecule has 22 heavy (non-hydrogen) atoms. The second kappa shape index (κ2) is 8.38. The van der Waals surface area contributed by atoms with Crippen LogP contribution in [0.15, 0.2) is 0 Å². The Kier molecular flexibility index (Phi) is 7.15. The summed E-state index contributed by atoms with van der Waals surface area (Å²) in [6.45, 7) is 5.05. The van der Waals surface area contributed by atoms with Crippen LogP contribution in [0.25, 0.3) is 0 Å². The van der Waals surface area contributed by atoms with Crippen molar-refractivity contribution in [3.8, 4) is 0 Å². The van der Waals surface area contributed by atoms with Crippen molar-refractivity contribution >= 4 is 29.5 Å². The van der Waals surface area contributed by atoms with Gasteiger partial charge in [0, 0.05) is 0 Å². The molecule has 1 saturated heterocycles. The number of aliphatic hydroxyl groups is 1. The molecule has 4 atom stereocenters. The van der Waals surface area contributed by atoms with E-state index >= 15 is 0 Å². The first-order valence-electron chi connectivity index (χ1n) is 7.36. The van der Waals surface area contributed by atoms with Gasteiger partial charge in [0.05, 0.1) is 6.10 Å². The Balaban J connectivity index is 3.06. The smallest absolute Gasteiger partial charge is 0.245 e. The molecule has 0 bridgehead atoms. The lowest BCUT2D eigenvalue weighted by molar-refractivity contribution is -0.132. The quantitative estimate of drug-likeness (QED) is 0.530. The molecule has 0 spiro atoms. The van der Waals surface area contributed by atoms with E-state index < -0.39 is 36.0 Å². The van der Waals surface area contributed by atoms with Crippen molar-refractivity contribution < 1.29 is 19.5 Å². The van der Waals surface area contributed by atoms with Crippen LogP contribution < -0.4 is 16.0 Å². The van der Waals surface area contributed by atoms with Crippen molar-refractivity contribution in [2.75, 3.05) is 12.0 Å². The van der Waals surface area contributed by atoms with E-state index in [-0.39, 0.29) is 11.8 Å². The molecule has 8 heteroatoms. The van der Waals surface area contributed by atoms with E-state index in [1.54, 1.807) is 11.8 Å². The third-order valence-corrected chi connectivity index (χ3v) is 4.20. The van der Waals surface area contributed by atoms with Gasteiger partial charge in [0.15, 0.2) is 0 Å². The van der Waals surface area contributed by atoms with Crippen LogP contribution in [0.1, 0.15) is 27.2 Å². The molecule has 0 radical (unpaired) electrons. The Morgan fingerprint density at radius 3 is 2.05 bits per heavy atom. The zero-order valence-electron chi connectivity index (χ0n) is 13.4. The van der Waals surface area contributed by atoms with Gasteiger partial charge in [0.2, 0.25) is 17.7 Å². The molecule has 1 rings (SSSR count). The highest BCUT2D eigenvalue weighted by Gasteiger charge is 2.36. The molecule has 0 saturated carbocycles. The number of rotatable bonds is 5. The van der Waals surface area contributed by atoms with Crippen molar-refractivity contribution in [2.24, 2.45) is 5.92 Å². The van der Waals surface area contributed by atoms with Crippen molar-refractivity contribution in [3.63, 3.8) is 0 Å². The van der Waals surface area contributed by atoms with E-state index in [9.17, 15) is 19.5 Å². The second-order valence-electron chi connectivity index (χ2n) is 5.80. The van der Waals surface area contributed by atoms with E-state index in [2.05, 4.69) is 16.0 Å². The van der Waals surface area contributed by atoms with Crippen LogP contribution in [0.4, 0.5) is 0 Å². The Morgan fingerprint density at radius 2 is 1.55 bits per heavy atom. The van der Waals surface area contributed by atoms with Gasteiger partial charge < -0.3 is 21.1 Å². The number of aliphatic hydroxyl groups excluding tert-OH is 1. The van der Waals surface area contributed by atoms with Gasteiger partial charge in [-0.15, -0.1) is 0 Å². The molecule has 7 nitrogen and oxygen atoms in total. The number of amides is 3. The summed E-state index contributed by atoms with van der Waals surface area (Å²) in [6.07, 6.45) is 1.32. The second-order valence-corrected chi connectivity index (χ2v) is 6.79. The lowest BCUT2D eigenvalue weighted by Crippen LogP contribution is -2.56. The fourth-order valence-corrected chi connectivity index (χ4v) is 2.67. The van der Waals surface area contributed by atoms with Crippen molar-refractivity contribution in [1.29, 1.82) is 0 Å². The van der Waals surface area contributed by atoms with Crippen LogP contribution in [-0.2, 0) is 14.4 Å². The normalized spacial score (nSPS) is 28.1. The molecule has 0 unspecified atom stereocenters. The largest absolute Gasteiger partial charge is 0.391 e. The van der Waals surface area contributed by atoms with Crippen LogP contribution in [0.2, 0.25) is 0 Å². The maximum Gasteiger partial charge on any atom is 0.245 e. The summed E-state index contributed by atoms with van der Waals surface area (Å²) in [6, 6.07) is -2.52. The number of hydrogen-bond acceptors (Lipinski definition) is 5. The first kappa shape index (κ1) is 18.8. The van der Waals surface area contributed by atoms with Gasteiger partial charge in [-0.3, -0.25) is 14.4 Å². The molecule has 126 valence electrons. The monoisotopic (exact) mass is 331 g/mol. The number of nitrogens with one attached hydrogen (secondary N) is 3. The van der Waals surface area contributed by atoms with Crippen LogP contribution in [-0.4, -0.2) is 59.1 Å². The maximum atomic E-state index is 12.3. The van der Waals surface area contributed by atoms with E-state index in [0.717, 1.165) is 0 Å². The van der Waals surface area contributed by atoms with Crippen LogP contribution in [0.3, 0.4) is 0 Å². The molecule has 0 aromatic heterocycles. The standard InChI is InChI=1S/C14H25N3O4S/c1-7(2)10-13(20)17-11(8(3)18)14(21)15-9(5-6-22-4)12(19)16-10/h7-11,18H,5-6H2,1-4H3,(H,15,21)(H,16,19)(H,17,20)/t8-,9+,10+,11+/m1/s1. The topological polar surface area (TPSA) is 108 Å². The predicted molar refractivity (Wildman–Crippen MR) is 85.3 cm³/mol. The van der Waals surface area contributed by atoms with Crippen molar-refractivity contribution in [3.05, 3.63) is 0 Å². The van der Waals surface area contributed by atoms with Crippen molar-refractivity contribution in [1.82, 2.24) is 16.0 Å². The molecule has 1 fully saturated rings. The number of carbonyl (C=O) groups excluding carboxylic acids is 3. The molecule has 1 aliphatic heterocycles. The molecule has 0 aromatic carbocycles. The molecular weight excluding hydrogens is 306 g/mol. The molecule has 1 heterocycles. The van der Waals surface area contributed by atoms with Crippen LogP contribution >= 0.6 is 11.8 Å². The molecular formula is C14H25N3O4S. The lowest BCUT2D eigenvalue weighted by Gasteiger charge is -2.23. The van der Waals surface area contributed by atoms with Gasteiger partial charge in [0.25, 0.3) is 0 Å². The molecule has 4 N–H and O–H groups in total. The minimum atomic E-state index is -1.07. The van der Waals surface area contributed by atoms with E-state index in [0.29, 0.717) is 12.2 Å². The highest BCUT2D eigenvalue weighted by Crippen LogP contribution is 2.09. The predicted octanol–water partition coefficient (Wildman–Crippen LogP) is -0.756. The fraction of sp³-hybridized carbons (Fsp3) is 0.786. The molecule has 0 aliphatic carbocycles. The van der Waals surface area contributed by atoms with Gasteiger partial charge >= 0.3 is 0 Å². The van der Waals surface area contributed by atoms with Gasteiger partial charge in [0.1, 0.15) is 18.1 Å².